The van der Waals surface area contributed by atoms with E-state index >= 15 is 0 Å². The summed E-state index contributed by atoms with van der Waals surface area (Å²) < 4.78 is 0.418. The quantitative estimate of drug-likeness (QED) is 0.420. The van der Waals surface area contributed by atoms with Crippen molar-refractivity contribution in [2.75, 3.05) is 5.75 Å². The second-order valence-corrected chi connectivity index (χ2v) is 4.85. The van der Waals surface area contributed by atoms with Crippen LogP contribution in [0, 0.1) is 0 Å². The number of hydrogen-bond donors (Lipinski definition) is 1. The number of hydrogen-bond acceptors (Lipinski definition) is 1. The van der Waals surface area contributed by atoms with Gasteiger partial charge in [-0.2, -0.15) is 12.6 Å². The van der Waals surface area contributed by atoms with Crippen LogP contribution in [0.3, 0.4) is 0 Å². The molecule has 0 spiro atoms. The Morgan fingerprint density at radius 1 is 1.71 bits per heavy atom. The Bertz CT molecular complexity index is 46.0. The summed E-state index contributed by atoms with van der Waals surface area (Å²) in [6.07, 6.45) is 1.21. The molecule has 0 saturated heterocycles. The second kappa shape index (κ2) is 3.17. The Hall–Kier alpha value is 1.08. The lowest BCUT2D eigenvalue weighted by molar-refractivity contribution is 0.732. The largest absolute Gasteiger partial charge is 0.178 e. The van der Waals surface area contributed by atoms with Gasteiger partial charge < -0.3 is 0 Å². The van der Waals surface area contributed by atoms with Crippen molar-refractivity contribution in [2.45, 2.75) is 23.7 Å². The normalized spacial score (nSPS) is 18.9. The molecule has 0 fully saturated rings. The fraction of sp³-hybridized carbons (Fsp3) is 1.00. The average Bonchev–Trinajstić information content (AvgIpc) is 1.68. The molecule has 0 rings (SSSR count). The van der Waals surface area contributed by atoms with Gasteiger partial charge in [-0.1, -0.05) is 29.5 Å². The third-order valence-corrected chi connectivity index (χ3v) is 3.51. The van der Waals surface area contributed by atoms with E-state index in [9.17, 15) is 0 Å². The van der Waals surface area contributed by atoms with Gasteiger partial charge in [0, 0.05) is 9.17 Å². The lowest BCUT2D eigenvalue weighted by Gasteiger charge is -2.15. The van der Waals surface area contributed by atoms with Crippen LogP contribution in [-0.2, 0) is 0 Å². The van der Waals surface area contributed by atoms with Crippen LogP contribution in [0.4, 0.5) is 0 Å². The maximum absolute atomic E-state index is 4.17. The highest BCUT2D eigenvalue weighted by molar-refractivity contribution is 14.1. The smallest absolute Gasteiger partial charge is 0.0279 e. The molecule has 1 atom stereocenters. The molecule has 0 aliphatic heterocycles. The summed E-state index contributed by atoms with van der Waals surface area (Å²) in [6.45, 7) is 4.39. The van der Waals surface area contributed by atoms with E-state index < -0.39 is 0 Å². The van der Waals surface area contributed by atoms with Crippen LogP contribution >= 0.6 is 35.2 Å². The third-order valence-electron chi connectivity index (χ3n) is 1.07. The molecule has 0 N–H and O–H groups in total. The van der Waals surface area contributed by atoms with E-state index in [1.807, 2.05) is 0 Å². The Morgan fingerprint density at radius 3 is 2.14 bits per heavy atom. The van der Waals surface area contributed by atoms with Crippen molar-refractivity contribution in [3.05, 3.63) is 0 Å². The predicted octanol–water partition coefficient (Wildman–Crippen LogP) is 2.52. The first-order valence-electron chi connectivity index (χ1n) is 2.42. The van der Waals surface area contributed by atoms with Gasteiger partial charge in [0.1, 0.15) is 0 Å². The van der Waals surface area contributed by atoms with Gasteiger partial charge in [-0.3, -0.25) is 0 Å². The van der Waals surface area contributed by atoms with Crippen LogP contribution in [0.1, 0.15) is 20.3 Å². The highest BCUT2D eigenvalue weighted by Crippen LogP contribution is 2.22. The van der Waals surface area contributed by atoms with Gasteiger partial charge in [0.2, 0.25) is 0 Å². The van der Waals surface area contributed by atoms with E-state index in [0.29, 0.717) is 3.42 Å². The molecule has 0 saturated carbocycles. The molecule has 0 radical (unpaired) electrons. The van der Waals surface area contributed by atoms with Crippen LogP contribution in [0.2, 0.25) is 0 Å². The molecule has 7 heavy (non-hydrogen) atoms. The molecule has 0 heterocycles. The molecular weight excluding hydrogens is 219 g/mol. The first kappa shape index (κ1) is 8.08. The van der Waals surface area contributed by atoms with E-state index in [1.165, 1.54) is 6.42 Å². The molecule has 0 aromatic rings. The lowest BCUT2D eigenvalue weighted by Crippen LogP contribution is -2.14. The fourth-order valence-electron chi connectivity index (χ4n) is 0.112. The summed E-state index contributed by atoms with van der Waals surface area (Å²) >= 11 is 6.60. The molecular formula is C5H11IS. The van der Waals surface area contributed by atoms with Crippen LogP contribution in [0.25, 0.3) is 0 Å². The van der Waals surface area contributed by atoms with Crippen LogP contribution in [0.5, 0.6) is 0 Å². The van der Waals surface area contributed by atoms with E-state index in [4.69, 9.17) is 0 Å². The molecule has 0 amide bonds. The topological polar surface area (TPSA) is 0 Å². The second-order valence-electron chi connectivity index (χ2n) is 1.93. The molecule has 0 aromatic heterocycles. The summed E-state index contributed by atoms with van der Waals surface area (Å²) in [7, 11) is 0. The standard InChI is InChI=1S/C5H11IS/c1-3-5(2,6)4-7/h7H,3-4H2,1-2H3. The van der Waals surface area contributed by atoms with Gasteiger partial charge in [-0.05, 0) is 13.3 Å². The van der Waals surface area contributed by atoms with Crippen molar-refractivity contribution in [3.8, 4) is 0 Å². The molecule has 1 unspecified atom stereocenters. The summed E-state index contributed by atoms with van der Waals surface area (Å²) in [6, 6.07) is 0. The minimum absolute atomic E-state index is 0.418. The average molecular weight is 230 g/mol. The van der Waals surface area contributed by atoms with Crippen molar-refractivity contribution < 1.29 is 0 Å². The molecule has 44 valence electrons. The molecule has 0 nitrogen and oxygen atoms in total. The molecule has 0 bridgehead atoms. The molecule has 0 aromatic carbocycles. The summed E-state index contributed by atoms with van der Waals surface area (Å²) in [5, 5.41) is 0. The van der Waals surface area contributed by atoms with Crippen molar-refractivity contribution in [3.63, 3.8) is 0 Å². The number of thiol groups is 1. The Labute approximate surface area is 64.6 Å². The fourth-order valence-corrected chi connectivity index (χ4v) is 0.335. The van der Waals surface area contributed by atoms with E-state index in [1.54, 1.807) is 0 Å². The zero-order chi connectivity index (χ0) is 5.91. The first-order valence-corrected chi connectivity index (χ1v) is 4.13. The maximum Gasteiger partial charge on any atom is 0.0279 e. The summed E-state index contributed by atoms with van der Waals surface area (Å²) in [5.41, 5.74) is 0. The van der Waals surface area contributed by atoms with E-state index in [2.05, 4.69) is 49.1 Å². The maximum atomic E-state index is 4.17. The summed E-state index contributed by atoms with van der Waals surface area (Å²) in [4.78, 5) is 0. The Kier molecular flexibility index (Phi) is 3.66. The first-order chi connectivity index (χ1) is 3.12. The Balaban J connectivity index is 3.36. The predicted molar refractivity (Wildman–Crippen MR) is 46.6 cm³/mol. The van der Waals surface area contributed by atoms with Gasteiger partial charge in [0.05, 0.1) is 0 Å². The van der Waals surface area contributed by atoms with Crippen LogP contribution < -0.4 is 0 Å². The Morgan fingerprint density at radius 2 is 2.14 bits per heavy atom. The molecule has 0 aliphatic rings. The minimum Gasteiger partial charge on any atom is -0.178 e. The van der Waals surface area contributed by atoms with Gasteiger partial charge >= 0.3 is 0 Å². The summed E-state index contributed by atoms with van der Waals surface area (Å²) in [5.74, 6) is 0.976. The van der Waals surface area contributed by atoms with Crippen molar-refractivity contribution in [1.29, 1.82) is 0 Å². The molecule has 0 aliphatic carbocycles. The monoisotopic (exact) mass is 230 g/mol. The highest BCUT2D eigenvalue weighted by atomic mass is 127. The number of alkyl halides is 1. The van der Waals surface area contributed by atoms with Gasteiger partial charge in [-0.25, -0.2) is 0 Å². The van der Waals surface area contributed by atoms with E-state index in [-0.39, 0.29) is 0 Å². The lowest BCUT2D eigenvalue weighted by atomic mass is 10.2. The third kappa shape index (κ3) is 3.64. The zero-order valence-corrected chi connectivity index (χ0v) is 7.79. The van der Waals surface area contributed by atoms with E-state index in [0.717, 1.165) is 5.75 Å². The van der Waals surface area contributed by atoms with Gasteiger partial charge in [-0.15, -0.1) is 0 Å². The molecule has 2 heteroatoms. The highest BCUT2D eigenvalue weighted by Gasteiger charge is 2.13. The van der Waals surface area contributed by atoms with Crippen LogP contribution in [-0.4, -0.2) is 9.17 Å². The number of rotatable bonds is 2. The SMILES string of the molecule is CCC(C)(I)CS. The van der Waals surface area contributed by atoms with Crippen LogP contribution in [0.15, 0.2) is 0 Å². The zero-order valence-electron chi connectivity index (χ0n) is 4.74. The van der Waals surface area contributed by atoms with Gasteiger partial charge in [0.25, 0.3) is 0 Å². The van der Waals surface area contributed by atoms with Crippen molar-refractivity contribution in [2.24, 2.45) is 0 Å². The number of halogens is 1. The van der Waals surface area contributed by atoms with Crippen molar-refractivity contribution >= 4 is 35.2 Å². The minimum atomic E-state index is 0.418. The van der Waals surface area contributed by atoms with Crippen molar-refractivity contribution in [1.82, 2.24) is 0 Å². The van der Waals surface area contributed by atoms with Gasteiger partial charge in [0.15, 0.2) is 0 Å².